The summed E-state index contributed by atoms with van der Waals surface area (Å²) in [6.07, 6.45) is -0.228. The number of hydrogen-bond donors (Lipinski definition) is 2. The topological polar surface area (TPSA) is 57.5 Å². The van der Waals surface area contributed by atoms with Crippen LogP contribution < -0.4 is 0 Å². The summed E-state index contributed by atoms with van der Waals surface area (Å²) >= 11 is 4.99. The Kier molecular flexibility index (Phi) is 7.04. The van der Waals surface area contributed by atoms with Crippen molar-refractivity contribution in [1.29, 1.82) is 0 Å². The van der Waals surface area contributed by atoms with E-state index >= 15 is 0 Å². The molecule has 0 aromatic rings. The largest absolute Gasteiger partial charge is 0.326 e. The van der Waals surface area contributed by atoms with Gasteiger partial charge in [-0.15, -0.1) is 11.6 Å². The second-order valence-corrected chi connectivity index (χ2v) is 3.23. The minimum Gasteiger partial charge on any atom is -0.324 e. The molecule has 0 amide bonds. The van der Waals surface area contributed by atoms with Crippen LogP contribution in [0.4, 0.5) is 0 Å². The van der Waals surface area contributed by atoms with Crippen LogP contribution in [0.2, 0.25) is 0 Å². The molecule has 0 spiro atoms. The Morgan fingerprint density at radius 3 is 1.88 bits per heavy atom. The Morgan fingerprint density at radius 1 is 1.50 bits per heavy atom. The maximum Gasteiger partial charge on any atom is 0.326 e. The summed E-state index contributed by atoms with van der Waals surface area (Å²) in [5, 5.41) is 0. The van der Waals surface area contributed by atoms with Crippen molar-refractivity contribution in [2.45, 2.75) is 0 Å². The first kappa shape index (κ1) is 11.7. The van der Waals surface area contributed by atoms with Crippen molar-refractivity contribution in [3.05, 3.63) is 0 Å². The molecule has 3 nitrogen and oxygen atoms in total. The third-order valence-electron chi connectivity index (χ3n) is 0.376. The molecular weight excluding hydrogens is 202 g/mol. The van der Waals surface area contributed by atoms with Crippen molar-refractivity contribution >= 4 is 19.2 Å². The van der Waals surface area contributed by atoms with E-state index in [-0.39, 0.29) is 29.1 Å². The Morgan fingerprint density at radius 2 is 1.88 bits per heavy atom. The minimum atomic E-state index is -3.80. The smallest absolute Gasteiger partial charge is 0.324 e. The van der Waals surface area contributed by atoms with E-state index in [0.29, 0.717) is 0 Å². The Bertz CT molecular complexity index is 91.3. The first-order valence-electron chi connectivity index (χ1n) is 1.67. The Labute approximate surface area is 63.1 Å². The molecule has 0 saturated heterocycles. The van der Waals surface area contributed by atoms with Crippen molar-refractivity contribution in [1.82, 2.24) is 0 Å². The van der Waals surface area contributed by atoms with Crippen molar-refractivity contribution in [2.24, 2.45) is 0 Å². The first-order valence-corrected chi connectivity index (χ1v) is 4.00. The van der Waals surface area contributed by atoms with Crippen LogP contribution in [-0.4, -0.2) is 21.8 Å². The summed E-state index contributed by atoms with van der Waals surface area (Å²) in [4.78, 5) is 16.1. The molecule has 6 heteroatoms. The summed E-state index contributed by atoms with van der Waals surface area (Å²) in [6.45, 7) is 0. The Balaban J connectivity index is 0. The molecule has 0 heterocycles. The quantitative estimate of drug-likeness (QED) is 0.392. The van der Waals surface area contributed by atoms with E-state index in [2.05, 4.69) is 0 Å². The molecule has 0 aromatic heterocycles. The molecule has 1 radical (unpaired) electrons. The predicted octanol–water partition coefficient (Wildman–Crippen LogP) is 0.400. The molecule has 2 N–H and O–H groups in total. The molecule has 0 unspecified atom stereocenters. The van der Waals surface area contributed by atoms with E-state index in [1.54, 1.807) is 0 Å². The summed E-state index contributed by atoms with van der Waals surface area (Å²) in [6, 6.07) is 0. The average Bonchev–Trinajstić information content (AvgIpc) is 1.30. The van der Waals surface area contributed by atoms with Crippen LogP contribution in [0.3, 0.4) is 0 Å². The zero-order valence-corrected chi connectivity index (χ0v) is 6.44. The fourth-order valence-corrected chi connectivity index (χ4v) is 0.991. The average molecular weight is 208 g/mol. The number of halogens is 1. The van der Waals surface area contributed by atoms with E-state index < -0.39 is 7.60 Å². The molecule has 0 aromatic carbocycles. The summed E-state index contributed by atoms with van der Waals surface area (Å²) in [5.74, 6) is 0.0181. The first-order chi connectivity index (χ1) is 3.06. The second kappa shape index (κ2) is 4.80. The van der Waals surface area contributed by atoms with Gasteiger partial charge in [-0.2, -0.15) is 0 Å². The zero-order valence-electron chi connectivity index (χ0n) is 3.84. The molecule has 0 fully saturated rings. The van der Waals surface area contributed by atoms with Crippen LogP contribution in [-0.2, 0) is 21.6 Å². The van der Waals surface area contributed by atoms with E-state index in [1.165, 1.54) is 0 Å². The van der Waals surface area contributed by atoms with E-state index in [4.69, 9.17) is 21.4 Å². The van der Waals surface area contributed by atoms with Gasteiger partial charge < -0.3 is 9.79 Å². The molecule has 0 aliphatic rings. The van der Waals surface area contributed by atoms with Crippen LogP contribution in [0.5, 0.6) is 0 Å². The van der Waals surface area contributed by atoms with Gasteiger partial charge in [-0.1, -0.05) is 0 Å². The van der Waals surface area contributed by atoms with Gasteiger partial charge in [-0.05, 0) is 0 Å². The third kappa shape index (κ3) is 10.0. The van der Waals surface area contributed by atoms with Gasteiger partial charge in [-0.25, -0.2) is 0 Å². The fraction of sp³-hybridized carbons (Fsp3) is 1.00. The van der Waals surface area contributed by atoms with Gasteiger partial charge in [0.15, 0.2) is 0 Å². The molecule has 8 heavy (non-hydrogen) atoms. The van der Waals surface area contributed by atoms with Gasteiger partial charge in [0.1, 0.15) is 0 Å². The van der Waals surface area contributed by atoms with Gasteiger partial charge >= 0.3 is 7.60 Å². The summed E-state index contributed by atoms with van der Waals surface area (Å²) in [5.41, 5.74) is 0. The third-order valence-corrected chi connectivity index (χ3v) is 1.63. The van der Waals surface area contributed by atoms with Crippen molar-refractivity contribution in [3.8, 4) is 0 Å². The molecule has 0 saturated carbocycles. The number of hydrogen-bond acceptors (Lipinski definition) is 1. The molecular formula is C2H6ClCuO3P. The second-order valence-electron chi connectivity index (χ2n) is 1.08. The monoisotopic (exact) mass is 207 g/mol. The molecule has 0 aliphatic heterocycles. The zero-order chi connectivity index (χ0) is 5.91. The minimum absolute atomic E-state index is 0. The van der Waals surface area contributed by atoms with Gasteiger partial charge in [0, 0.05) is 22.9 Å². The molecule has 55 valence electrons. The van der Waals surface area contributed by atoms with Gasteiger partial charge in [0.05, 0.1) is 6.16 Å². The molecule has 0 atom stereocenters. The van der Waals surface area contributed by atoms with Crippen LogP contribution in [0.25, 0.3) is 0 Å². The molecule has 0 aliphatic carbocycles. The van der Waals surface area contributed by atoms with Gasteiger partial charge in [-0.3, -0.25) is 4.57 Å². The summed E-state index contributed by atoms with van der Waals surface area (Å²) in [7, 11) is -3.80. The Hall–Kier alpha value is 0.959. The van der Waals surface area contributed by atoms with Crippen LogP contribution >= 0.6 is 19.2 Å². The van der Waals surface area contributed by atoms with E-state index in [1.807, 2.05) is 0 Å². The molecule has 0 rings (SSSR count). The van der Waals surface area contributed by atoms with Gasteiger partial charge in [0.25, 0.3) is 0 Å². The maximum absolute atomic E-state index is 9.84. The fourth-order valence-electron chi connectivity index (χ4n) is 0.110. The van der Waals surface area contributed by atoms with Gasteiger partial charge in [0.2, 0.25) is 0 Å². The van der Waals surface area contributed by atoms with E-state index in [9.17, 15) is 4.57 Å². The normalized spacial score (nSPS) is 10.4. The van der Waals surface area contributed by atoms with E-state index in [0.717, 1.165) is 0 Å². The molecule has 0 bridgehead atoms. The van der Waals surface area contributed by atoms with Crippen molar-refractivity contribution in [3.63, 3.8) is 0 Å². The maximum atomic E-state index is 9.84. The van der Waals surface area contributed by atoms with Crippen LogP contribution in [0.15, 0.2) is 0 Å². The van der Waals surface area contributed by atoms with Crippen molar-refractivity contribution in [2.75, 3.05) is 12.0 Å². The number of rotatable bonds is 2. The standard InChI is InChI=1S/C2H6ClO3P.Cu/c3-1-2-7(4,5)6;/h1-2H2,(H2,4,5,6);. The SMILES string of the molecule is O=P(O)(O)CCCl.[Cu]. The van der Waals surface area contributed by atoms with Crippen molar-refractivity contribution < 1.29 is 31.4 Å². The number of alkyl halides is 1. The van der Waals surface area contributed by atoms with Crippen LogP contribution in [0, 0.1) is 0 Å². The van der Waals surface area contributed by atoms with Crippen LogP contribution in [0.1, 0.15) is 0 Å². The predicted molar refractivity (Wildman–Crippen MR) is 27.6 cm³/mol. The summed E-state index contributed by atoms with van der Waals surface area (Å²) < 4.78 is 9.84.